The number of ether oxygens (including phenoxy) is 2. The average molecular weight is 426 g/mol. The van der Waals surface area contributed by atoms with E-state index in [0.717, 1.165) is 0 Å². The van der Waals surface area contributed by atoms with Crippen molar-refractivity contribution in [2.75, 3.05) is 13.7 Å². The number of carbonyl (C=O) groups excluding carboxylic acids is 1. The Morgan fingerprint density at radius 3 is 2.31 bits per heavy atom. The molecule has 0 saturated carbocycles. The van der Waals surface area contributed by atoms with Crippen molar-refractivity contribution in [3.63, 3.8) is 0 Å². The Labute approximate surface area is 175 Å². The molecule has 0 aromatic heterocycles. The van der Waals surface area contributed by atoms with E-state index < -0.39 is 20.0 Å². The van der Waals surface area contributed by atoms with E-state index in [1.54, 1.807) is 18.1 Å². The highest BCUT2D eigenvalue weighted by atomic mass is 28.4. The molecule has 1 aliphatic rings. The molecule has 164 valence electrons. The summed E-state index contributed by atoms with van der Waals surface area (Å²) in [5.74, 6) is 0.191. The van der Waals surface area contributed by atoms with Crippen molar-refractivity contribution in [2.24, 2.45) is 0 Å². The molecule has 1 aromatic carbocycles. The smallest absolute Gasteiger partial charge is 0.410 e. The van der Waals surface area contributed by atoms with E-state index in [0.29, 0.717) is 24.3 Å². The van der Waals surface area contributed by atoms with E-state index in [4.69, 9.17) is 13.9 Å². The summed E-state index contributed by atoms with van der Waals surface area (Å²) in [6.07, 6.45) is 0.0162. The summed E-state index contributed by atoms with van der Waals surface area (Å²) in [7, 11) is -0.480. The molecular formula is C22H36FNO4Si. The topological polar surface area (TPSA) is 48.0 Å². The van der Waals surface area contributed by atoms with Crippen molar-refractivity contribution < 1.29 is 23.1 Å². The van der Waals surface area contributed by atoms with Crippen molar-refractivity contribution in [2.45, 2.75) is 83.8 Å². The predicted octanol–water partition coefficient (Wildman–Crippen LogP) is 5.91. The highest BCUT2D eigenvalue weighted by molar-refractivity contribution is 6.74. The molecule has 1 aliphatic heterocycles. The number of carbonyl (C=O) groups is 1. The van der Waals surface area contributed by atoms with Crippen molar-refractivity contribution in [3.8, 4) is 5.75 Å². The van der Waals surface area contributed by atoms with Gasteiger partial charge in [0.25, 0.3) is 0 Å². The fourth-order valence-corrected chi connectivity index (χ4v) is 4.62. The number of likely N-dealkylation sites (tertiary alicyclic amines) is 1. The average Bonchev–Trinajstić information content (AvgIpc) is 2.95. The van der Waals surface area contributed by atoms with Crippen LogP contribution in [0.25, 0.3) is 0 Å². The van der Waals surface area contributed by atoms with Crippen LogP contribution in [0.1, 0.15) is 59.6 Å². The van der Waals surface area contributed by atoms with Crippen LogP contribution in [0, 0.1) is 5.82 Å². The van der Waals surface area contributed by atoms with Crippen LogP contribution in [-0.4, -0.2) is 44.7 Å². The Bertz CT molecular complexity index is 739. The van der Waals surface area contributed by atoms with Crippen molar-refractivity contribution in [1.29, 1.82) is 0 Å². The molecule has 29 heavy (non-hydrogen) atoms. The van der Waals surface area contributed by atoms with Gasteiger partial charge in [0, 0.05) is 12.1 Å². The number of rotatable bonds is 4. The van der Waals surface area contributed by atoms with Crippen LogP contribution < -0.4 is 4.74 Å². The summed E-state index contributed by atoms with van der Waals surface area (Å²) in [6, 6.07) is 4.03. The number of benzene rings is 1. The lowest BCUT2D eigenvalue weighted by Gasteiger charge is -2.38. The molecule has 2 atom stereocenters. The van der Waals surface area contributed by atoms with Crippen LogP contribution in [0.5, 0.6) is 5.75 Å². The molecule has 1 unspecified atom stereocenters. The molecule has 0 aliphatic carbocycles. The lowest BCUT2D eigenvalue weighted by molar-refractivity contribution is 0.0207. The Kier molecular flexibility index (Phi) is 6.74. The van der Waals surface area contributed by atoms with E-state index >= 15 is 0 Å². The molecular weight excluding hydrogens is 389 g/mol. The van der Waals surface area contributed by atoms with Crippen molar-refractivity contribution >= 4 is 14.4 Å². The van der Waals surface area contributed by atoms with Gasteiger partial charge in [0.2, 0.25) is 0 Å². The zero-order chi connectivity index (χ0) is 22.2. The first-order chi connectivity index (χ1) is 13.1. The monoisotopic (exact) mass is 425 g/mol. The number of hydrogen-bond donors (Lipinski definition) is 0. The molecule has 0 bridgehead atoms. The minimum atomic E-state index is -2.03. The summed E-state index contributed by atoms with van der Waals surface area (Å²) in [6.45, 7) is 16.9. The first-order valence-electron chi connectivity index (χ1n) is 10.2. The standard InChI is InChI=1S/C22H36FNO4Si/c1-21(2,3)27-20(25)24-14-16(28-29(8,9)22(4,5)6)13-18(24)17-12-15(23)10-11-19(17)26-7/h10-12,16,18H,13-14H2,1-9H3/t16?,18-/m1/s1. The molecule has 5 nitrogen and oxygen atoms in total. The normalized spacial score (nSPS) is 20.7. The van der Waals surface area contributed by atoms with Gasteiger partial charge in [-0.2, -0.15) is 0 Å². The molecule has 7 heteroatoms. The van der Waals surface area contributed by atoms with Gasteiger partial charge in [-0.25, -0.2) is 9.18 Å². The van der Waals surface area contributed by atoms with Gasteiger partial charge in [-0.1, -0.05) is 20.8 Å². The number of methoxy groups -OCH3 is 1. The first-order valence-corrected chi connectivity index (χ1v) is 13.1. The van der Waals surface area contributed by atoms with E-state index in [9.17, 15) is 9.18 Å². The number of hydrogen-bond acceptors (Lipinski definition) is 4. The summed E-state index contributed by atoms with van der Waals surface area (Å²) >= 11 is 0. The van der Waals surface area contributed by atoms with Crippen LogP contribution in [0.2, 0.25) is 18.1 Å². The summed E-state index contributed by atoms with van der Waals surface area (Å²) < 4.78 is 31.7. The Balaban J connectivity index is 2.38. The highest BCUT2D eigenvalue weighted by Crippen LogP contribution is 2.43. The van der Waals surface area contributed by atoms with Gasteiger partial charge in [-0.3, -0.25) is 4.90 Å². The van der Waals surface area contributed by atoms with Gasteiger partial charge < -0.3 is 13.9 Å². The van der Waals surface area contributed by atoms with E-state index in [1.165, 1.54) is 12.1 Å². The van der Waals surface area contributed by atoms with E-state index in [-0.39, 0.29) is 23.0 Å². The quantitative estimate of drug-likeness (QED) is 0.563. The Morgan fingerprint density at radius 2 is 1.79 bits per heavy atom. The zero-order valence-electron chi connectivity index (χ0n) is 19.3. The predicted molar refractivity (Wildman–Crippen MR) is 115 cm³/mol. The second-order valence-electron chi connectivity index (χ2n) is 10.3. The lowest BCUT2D eigenvalue weighted by Crippen LogP contribution is -2.45. The van der Waals surface area contributed by atoms with Gasteiger partial charge in [-0.15, -0.1) is 0 Å². The third-order valence-corrected chi connectivity index (χ3v) is 10.2. The third kappa shape index (κ3) is 5.72. The second-order valence-corrected chi connectivity index (χ2v) is 15.0. The largest absolute Gasteiger partial charge is 0.496 e. The fraction of sp³-hybridized carbons (Fsp3) is 0.682. The Hall–Kier alpha value is -1.60. The third-order valence-electron chi connectivity index (χ3n) is 5.71. The molecule has 1 fully saturated rings. The van der Waals surface area contributed by atoms with Crippen LogP contribution in [0.3, 0.4) is 0 Å². The number of nitrogens with zero attached hydrogens (tertiary/aromatic N) is 1. The van der Waals surface area contributed by atoms with Gasteiger partial charge in [0.05, 0.1) is 19.3 Å². The van der Waals surface area contributed by atoms with Crippen molar-refractivity contribution in [3.05, 3.63) is 29.6 Å². The van der Waals surface area contributed by atoms with Gasteiger partial charge in [0.1, 0.15) is 17.2 Å². The maximum atomic E-state index is 14.0. The van der Waals surface area contributed by atoms with Crippen LogP contribution in [0.15, 0.2) is 18.2 Å². The summed E-state index contributed by atoms with van der Waals surface area (Å²) in [5, 5.41) is 0.0539. The minimum absolute atomic E-state index is 0.0539. The molecule has 1 amide bonds. The highest BCUT2D eigenvalue weighted by Gasteiger charge is 2.45. The van der Waals surface area contributed by atoms with Gasteiger partial charge >= 0.3 is 6.09 Å². The number of amides is 1. The molecule has 0 radical (unpaired) electrons. The number of halogens is 1. The van der Waals surface area contributed by atoms with E-state index in [2.05, 4.69) is 33.9 Å². The zero-order valence-corrected chi connectivity index (χ0v) is 20.3. The summed E-state index contributed by atoms with van der Waals surface area (Å²) in [5.41, 5.74) is 0.0196. The molecule has 0 N–H and O–H groups in total. The van der Waals surface area contributed by atoms with Gasteiger partial charge in [0.15, 0.2) is 8.32 Å². The fourth-order valence-electron chi connectivity index (χ4n) is 3.26. The van der Waals surface area contributed by atoms with Crippen LogP contribution in [0.4, 0.5) is 9.18 Å². The molecule has 1 heterocycles. The lowest BCUT2D eigenvalue weighted by atomic mass is 10.0. The van der Waals surface area contributed by atoms with Gasteiger partial charge in [-0.05, 0) is 63.5 Å². The minimum Gasteiger partial charge on any atom is -0.496 e. The maximum Gasteiger partial charge on any atom is 0.410 e. The SMILES string of the molecule is COc1ccc(F)cc1[C@H]1CC(O[Si](C)(C)C(C)(C)C)CN1C(=O)OC(C)(C)C. The first kappa shape index (κ1) is 23.7. The molecule has 0 spiro atoms. The second kappa shape index (κ2) is 8.26. The molecule has 1 saturated heterocycles. The molecule has 1 aromatic rings. The maximum absolute atomic E-state index is 14.0. The van der Waals surface area contributed by atoms with Crippen molar-refractivity contribution in [1.82, 2.24) is 4.90 Å². The Morgan fingerprint density at radius 1 is 1.17 bits per heavy atom. The molecule has 2 rings (SSSR count). The summed E-state index contributed by atoms with van der Waals surface area (Å²) in [4.78, 5) is 14.6. The van der Waals surface area contributed by atoms with E-state index in [1.807, 2.05) is 20.8 Å². The van der Waals surface area contributed by atoms with Crippen LogP contribution in [-0.2, 0) is 9.16 Å². The van der Waals surface area contributed by atoms with Crippen LogP contribution >= 0.6 is 0 Å².